The molecule has 3 aromatic rings. The lowest BCUT2D eigenvalue weighted by molar-refractivity contribution is 0.281. The Morgan fingerprint density at radius 1 is 1.08 bits per heavy atom. The molecular formula is C19H20BrN5O. The third-order valence-corrected chi connectivity index (χ3v) is 4.27. The highest BCUT2D eigenvalue weighted by Gasteiger charge is 2.09. The predicted molar refractivity (Wildman–Crippen MR) is 107 cm³/mol. The van der Waals surface area contributed by atoms with Crippen LogP contribution in [0, 0.1) is 0 Å². The summed E-state index contributed by atoms with van der Waals surface area (Å²) in [6, 6.07) is 13.7. The molecule has 0 radical (unpaired) electrons. The van der Waals surface area contributed by atoms with Crippen LogP contribution >= 0.6 is 15.9 Å². The maximum Gasteiger partial charge on any atom is 0.225 e. The van der Waals surface area contributed by atoms with Gasteiger partial charge in [0.1, 0.15) is 5.82 Å². The predicted octanol–water partition coefficient (Wildman–Crippen LogP) is 3.71. The number of nitrogens with one attached hydrogen (secondary N) is 2. The van der Waals surface area contributed by atoms with Crippen molar-refractivity contribution in [3.8, 4) is 11.3 Å². The zero-order valence-electron chi connectivity index (χ0n) is 14.4. The Hall–Kier alpha value is -2.51. The van der Waals surface area contributed by atoms with Gasteiger partial charge in [-0.25, -0.2) is 4.98 Å². The van der Waals surface area contributed by atoms with E-state index < -0.39 is 0 Å². The van der Waals surface area contributed by atoms with Crippen molar-refractivity contribution < 1.29 is 5.11 Å². The molecule has 1 aromatic carbocycles. The Labute approximate surface area is 160 Å². The molecule has 0 saturated carbocycles. The van der Waals surface area contributed by atoms with Gasteiger partial charge in [0, 0.05) is 41.1 Å². The first kappa shape index (κ1) is 18.3. The van der Waals surface area contributed by atoms with Gasteiger partial charge >= 0.3 is 0 Å². The quantitative estimate of drug-likeness (QED) is 0.547. The molecule has 0 fully saturated rings. The number of aliphatic hydroxyl groups is 1. The van der Waals surface area contributed by atoms with Crippen molar-refractivity contribution in [1.29, 1.82) is 0 Å². The van der Waals surface area contributed by atoms with Crippen molar-refractivity contribution in [2.24, 2.45) is 0 Å². The summed E-state index contributed by atoms with van der Waals surface area (Å²) in [4.78, 5) is 13.1. The van der Waals surface area contributed by atoms with Gasteiger partial charge in [-0.15, -0.1) is 0 Å². The second-order valence-corrected chi connectivity index (χ2v) is 6.82. The number of pyridine rings is 1. The van der Waals surface area contributed by atoms with Crippen molar-refractivity contribution in [3.63, 3.8) is 0 Å². The zero-order valence-corrected chi connectivity index (χ0v) is 15.9. The number of aromatic nitrogens is 3. The fraction of sp³-hybridized carbons (Fsp3) is 0.211. The van der Waals surface area contributed by atoms with Crippen LogP contribution in [-0.2, 0) is 6.54 Å². The van der Waals surface area contributed by atoms with E-state index in [1.54, 1.807) is 12.4 Å². The van der Waals surface area contributed by atoms with E-state index >= 15 is 0 Å². The van der Waals surface area contributed by atoms with E-state index in [1.807, 2.05) is 37.3 Å². The van der Waals surface area contributed by atoms with Gasteiger partial charge in [-0.1, -0.05) is 28.1 Å². The van der Waals surface area contributed by atoms with Gasteiger partial charge in [-0.05, 0) is 36.8 Å². The number of nitrogens with zero attached hydrogens (tertiary/aromatic N) is 3. The fourth-order valence-electron chi connectivity index (χ4n) is 2.33. The molecule has 0 amide bonds. The molecule has 3 N–H and O–H groups in total. The van der Waals surface area contributed by atoms with Crippen molar-refractivity contribution >= 4 is 27.7 Å². The molecular weight excluding hydrogens is 394 g/mol. The third-order valence-electron chi connectivity index (χ3n) is 3.74. The first-order chi connectivity index (χ1) is 12.6. The molecule has 0 aliphatic rings. The van der Waals surface area contributed by atoms with Gasteiger partial charge in [0.15, 0.2) is 0 Å². The zero-order chi connectivity index (χ0) is 18.4. The van der Waals surface area contributed by atoms with E-state index in [2.05, 4.69) is 53.6 Å². The summed E-state index contributed by atoms with van der Waals surface area (Å²) in [6.45, 7) is 2.52. The molecule has 0 spiro atoms. The SMILES string of the molecule is C[C@@H](CO)Nc1nc(NCc2ccc(Br)cc2)cc(-c2ccncc2)n1. The number of benzene rings is 1. The monoisotopic (exact) mass is 413 g/mol. The van der Waals surface area contributed by atoms with Gasteiger partial charge in [-0.3, -0.25) is 4.98 Å². The van der Waals surface area contributed by atoms with Crippen molar-refractivity contribution in [2.45, 2.75) is 19.5 Å². The van der Waals surface area contributed by atoms with Crippen LogP contribution in [-0.4, -0.2) is 32.7 Å². The Morgan fingerprint density at radius 3 is 2.50 bits per heavy atom. The maximum atomic E-state index is 9.28. The fourth-order valence-corrected chi connectivity index (χ4v) is 2.60. The first-order valence-corrected chi connectivity index (χ1v) is 9.08. The smallest absolute Gasteiger partial charge is 0.225 e. The highest BCUT2D eigenvalue weighted by molar-refractivity contribution is 9.10. The van der Waals surface area contributed by atoms with E-state index in [4.69, 9.17) is 0 Å². The third kappa shape index (κ3) is 5.00. The minimum Gasteiger partial charge on any atom is -0.394 e. The Bertz CT molecular complexity index is 842. The summed E-state index contributed by atoms with van der Waals surface area (Å²) < 4.78 is 1.05. The summed E-state index contributed by atoms with van der Waals surface area (Å²) in [5.74, 6) is 1.18. The number of aliphatic hydroxyl groups excluding tert-OH is 1. The average Bonchev–Trinajstić information content (AvgIpc) is 2.68. The van der Waals surface area contributed by atoms with E-state index in [0.717, 1.165) is 21.3 Å². The van der Waals surface area contributed by atoms with Crippen molar-refractivity contribution in [2.75, 3.05) is 17.2 Å². The highest BCUT2D eigenvalue weighted by Crippen LogP contribution is 2.22. The van der Waals surface area contributed by atoms with E-state index in [0.29, 0.717) is 18.3 Å². The standard InChI is InChI=1S/C19H20BrN5O/c1-13(12-26)23-19-24-17(15-6-8-21-9-7-15)10-18(25-19)22-11-14-2-4-16(20)5-3-14/h2-10,13,26H,11-12H2,1H3,(H2,22,23,24,25)/t13-/m0/s1. The summed E-state index contributed by atoms with van der Waals surface area (Å²) in [6.07, 6.45) is 3.46. The average molecular weight is 414 g/mol. The molecule has 1 atom stereocenters. The Balaban J connectivity index is 1.85. The van der Waals surface area contributed by atoms with Crippen LogP contribution < -0.4 is 10.6 Å². The van der Waals surface area contributed by atoms with Crippen LogP contribution in [0.3, 0.4) is 0 Å². The molecule has 2 heterocycles. The minimum atomic E-state index is -0.137. The van der Waals surface area contributed by atoms with Crippen LogP contribution in [0.25, 0.3) is 11.3 Å². The molecule has 3 rings (SSSR count). The number of rotatable bonds is 7. The summed E-state index contributed by atoms with van der Waals surface area (Å²) in [5.41, 5.74) is 2.89. The molecule has 134 valence electrons. The Kier molecular flexibility index (Phi) is 6.14. The van der Waals surface area contributed by atoms with Crippen LogP contribution in [0.1, 0.15) is 12.5 Å². The van der Waals surface area contributed by atoms with Gasteiger partial charge in [0.2, 0.25) is 5.95 Å². The number of halogens is 1. The van der Waals surface area contributed by atoms with Gasteiger partial charge in [0.25, 0.3) is 0 Å². The normalized spacial score (nSPS) is 11.8. The molecule has 7 heteroatoms. The highest BCUT2D eigenvalue weighted by atomic mass is 79.9. The lowest BCUT2D eigenvalue weighted by Crippen LogP contribution is -2.21. The molecule has 0 bridgehead atoms. The lowest BCUT2D eigenvalue weighted by atomic mass is 10.2. The lowest BCUT2D eigenvalue weighted by Gasteiger charge is -2.14. The van der Waals surface area contributed by atoms with Gasteiger partial charge in [-0.2, -0.15) is 4.98 Å². The Morgan fingerprint density at radius 2 is 1.81 bits per heavy atom. The van der Waals surface area contributed by atoms with Crippen LogP contribution in [0.4, 0.5) is 11.8 Å². The van der Waals surface area contributed by atoms with E-state index in [1.165, 1.54) is 0 Å². The molecule has 6 nitrogen and oxygen atoms in total. The molecule has 0 aliphatic heterocycles. The van der Waals surface area contributed by atoms with Gasteiger partial charge < -0.3 is 15.7 Å². The topological polar surface area (TPSA) is 83.0 Å². The molecule has 2 aromatic heterocycles. The summed E-state index contributed by atoms with van der Waals surface area (Å²) in [5, 5.41) is 15.7. The summed E-state index contributed by atoms with van der Waals surface area (Å²) >= 11 is 3.44. The number of hydrogen-bond donors (Lipinski definition) is 3. The molecule has 0 saturated heterocycles. The van der Waals surface area contributed by atoms with Gasteiger partial charge in [0.05, 0.1) is 12.3 Å². The second kappa shape index (κ2) is 8.73. The van der Waals surface area contributed by atoms with Crippen LogP contribution in [0.2, 0.25) is 0 Å². The molecule has 26 heavy (non-hydrogen) atoms. The van der Waals surface area contributed by atoms with E-state index in [9.17, 15) is 5.11 Å². The molecule has 0 unspecified atom stereocenters. The summed E-state index contributed by atoms with van der Waals surface area (Å²) in [7, 11) is 0. The maximum absolute atomic E-state index is 9.28. The second-order valence-electron chi connectivity index (χ2n) is 5.91. The minimum absolute atomic E-state index is 0.00446. The largest absolute Gasteiger partial charge is 0.394 e. The first-order valence-electron chi connectivity index (χ1n) is 8.29. The van der Waals surface area contributed by atoms with Crippen LogP contribution in [0.5, 0.6) is 0 Å². The van der Waals surface area contributed by atoms with Crippen molar-refractivity contribution in [3.05, 3.63) is 64.9 Å². The van der Waals surface area contributed by atoms with Crippen LogP contribution in [0.15, 0.2) is 59.3 Å². The number of hydrogen-bond acceptors (Lipinski definition) is 6. The number of anilines is 2. The van der Waals surface area contributed by atoms with E-state index in [-0.39, 0.29) is 12.6 Å². The molecule has 0 aliphatic carbocycles. The van der Waals surface area contributed by atoms with Crippen molar-refractivity contribution in [1.82, 2.24) is 15.0 Å².